The van der Waals surface area contributed by atoms with Crippen molar-refractivity contribution in [1.29, 1.82) is 0 Å². The van der Waals surface area contributed by atoms with E-state index in [0.29, 0.717) is 16.7 Å². The van der Waals surface area contributed by atoms with Gasteiger partial charge in [-0.2, -0.15) is 0 Å². The van der Waals surface area contributed by atoms with Gasteiger partial charge >= 0.3 is 5.97 Å². The van der Waals surface area contributed by atoms with Crippen LogP contribution in [0.4, 0.5) is 0 Å². The maximum atomic E-state index is 10.6. The second-order valence-electron chi connectivity index (χ2n) is 2.34. The third kappa shape index (κ3) is 1.66. The monoisotopic (exact) mass is 233 g/mol. The first-order valence-electron chi connectivity index (χ1n) is 3.54. The number of aromatic carboxylic acids is 1. The summed E-state index contributed by atoms with van der Waals surface area (Å²) in [6.45, 7) is 1.96. The van der Waals surface area contributed by atoms with Gasteiger partial charge in [-0.1, -0.05) is 18.5 Å². The number of hydrogen-bond acceptors (Lipinski definition) is 3. The highest BCUT2D eigenvalue weighted by Gasteiger charge is 2.18. The van der Waals surface area contributed by atoms with Crippen LogP contribution in [0.5, 0.6) is 0 Å². The summed E-state index contributed by atoms with van der Waals surface area (Å²) in [5, 5.41) is 12.1. The van der Waals surface area contributed by atoms with Crippen molar-refractivity contribution in [1.82, 2.24) is 5.16 Å². The molecular formula is C7H8BrNO3. The second kappa shape index (κ2) is 3.71. The number of rotatable bonds is 3. The molecule has 0 aliphatic carbocycles. The normalized spacial score (nSPS) is 10.2. The van der Waals surface area contributed by atoms with Crippen molar-refractivity contribution in [3.05, 3.63) is 15.9 Å². The van der Waals surface area contributed by atoms with Crippen LogP contribution in [0.3, 0.4) is 0 Å². The molecule has 0 saturated carbocycles. The molecule has 5 heteroatoms. The van der Waals surface area contributed by atoms with Gasteiger partial charge in [0.2, 0.25) is 4.67 Å². The van der Waals surface area contributed by atoms with E-state index in [4.69, 9.17) is 9.63 Å². The minimum Gasteiger partial charge on any atom is -0.476 e. The smallest absolute Gasteiger partial charge is 0.358 e. The number of nitrogens with zero attached hydrogens (tertiary/aromatic N) is 1. The van der Waals surface area contributed by atoms with Crippen molar-refractivity contribution in [2.24, 2.45) is 0 Å². The fourth-order valence-electron chi connectivity index (χ4n) is 0.924. The number of halogens is 1. The van der Waals surface area contributed by atoms with E-state index in [-0.39, 0.29) is 5.69 Å². The van der Waals surface area contributed by atoms with Gasteiger partial charge in [0.1, 0.15) is 0 Å². The number of hydrogen-bond donors (Lipinski definition) is 1. The van der Waals surface area contributed by atoms with Gasteiger partial charge in [0.15, 0.2) is 5.69 Å². The van der Waals surface area contributed by atoms with E-state index in [9.17, 15) is 4.79 Å². The van der Waals surface area contributed by atoms with Gasteiger partial charge in [-0.3, -0.25) is 0 Å². The van der Waals surface area contributed by atoms with E-state index in [2.05, 4.69) is 21.1 Å². The first kappa shape index (κ1) is 9.25. The Labute approximate surface area is 77.7 Å². The summed E-state index contributed by atoms with van der Waals surface area (Å²) in [4.78, 5) is 10.6. The predicted octanol–water partition coefficient (Wildman–Crippen LogP) is 2.09. The van der Waals surface area contributed by atoms with Crippen molar-refractivity contribution >= 4 is 21.9 Å². The van der Waals surface area contributed by atoms with Crippen LogP contribution in [-0.2, 0) is 6.42 Å². The van der Waals surface area contributed by atoms with E-state index in [0.717, 1.165) is 6.42 Å². The Morgan fingerprint density at radius 1 is 1.75 bits per heavy atom. The van der Waals surface area contributed by atoms with Gasteiger partial charge in [-0.05, 0) is 22.4 Å². The molecule has 0 atom stereocenters. The van der Waals surface area contributed by atoms with Crippen LogP contribution in [0.15, 0.2) is 9.19 Å². The van der Waals surface area contributed by atoms with E-state index in [1.54, 1.807) is 0 Å². The highest BCUT2D eigenvalue weighted by Crippen LogP contribution is 2.21. The van der Waals surface area contributed by atoms with Crippen molar-refractivity contribution in [3.8, 4) is 0 Å². The molecule has 0 spiro atoms. The van der Waals surface area contributed by atoms with Gasteiger partial charge in [0, 0.05) is 5.56 Å². The standard InChI is InChI=1S/C7H8BrNO3/c1-2-3-4-5(7(10)11)9-12-6(4)8/h2-3H2,1H3,(H,10,11). The molecular weight excluding hydrogens is 226 g/mol. The Hall–Kier alpha value is -0.840. The fourth-order valence-corrected chi connectivity index (χ4v) is 1.38. The van der Waals surface area contributed by atoms with Crippen LogP contribution in [0.25, 0.3) is 0 Å². The Balaban J connectivity index is 3.03. The Morgan fingerprint density at radius 2 is 2.42 bits per heavy atom. The molecule has 66 valence electrons. The SMILES string of the molecule is CCCc1c(C(=O)O)noc1Br. The molecule has 0 aromatic carbocycles. The van der Waals surface area contributed by atoms with E-state index in [1.165, 1.54) is 0 Å². The lowest BCUT2D eigenvalue weighted by Crippen LogP contribution is -2.01. The van der Waals surface area contributed by atoms with Gasteiger partial charge in [-0.25, -0.2) is 4.79 Å². The summed E-state index contributed by atoms with van der Waals surface area (Å²) < 4.78 is 5.11. The second-order valence-corrected chi connectivity index (χ2v) is 3.06. The van der Waals surface area contributed by atoms with Crippen molar-refractivity contribution in [3.63, 3.8) is 0 Å². The summed E-state index contributed by atoms with van der Waals surface area (Å²) in [5.41, 5.74) is 0.633. The van der Waals surface area contributed by atoms with Crippen LogP contribution in [-0.4, -0.2) is 16.2 Å². The summed E-state index contributed by atoms with van der Waals surface area (Å²) >= 11 is 3.09. The third-order valence-electron chi connectivity index (χ3n) is 1.44. The van der Waals surface area contributed by atoms with Gasteiger partial charge in [0.05, 0.1) is 0 Å². The highest BCUT2D eigenvalue weighted by molar-refractivity contribution is 9.10. The fraction of sp³-hybridized carbons (Fsp3) is 0.429. The number of carbonyl (C=O) groups is 1. The molecule has 0 saturated heterocycles. The molecule has 12 heavy (non-hydrogen) atoms. The van der Waals surface area contributed by atoms with Crippen LogP contribution in [0, 0.1) is 0 Å². The highest BCUT2D eigenvalue weighted by atomic mass is 79.9. The number of aromatic nitrogens is 1. The third-order valence-corrected chi connectivity index (χ3v) is 2.07. The van der Waals surface area contributed by atoms with Crippen LogP contribution < -0.4 is 0 Å². The zero-order chi connectivity index (χ0) is 9.14. The predicted molar refractivity (Wildman–Crippen MR) is 45.2 cm³/mol. The first-order chi connectivity index (χ1) is 5.66. The van der Waals surface area contributed by atoms with Crippen molar-refractivity contribution < 1.29 is 14.4 Å². The lowest BCUT2D eigenvalue weighted by atomic mass is 10.1. The molecule has 0 aliphatic rings. The molecule has 1 heterocycles. The molecule has 0 aliphatic heterocycles. The zero-order valence-electron chi connectivity index (χ0n) is 6.50. The lowest BCUT2D eigenvalue weighted by molar-refractivity contribution is 0.0684. The minimum absolute atomic E-state index is 0.00345. The first-order valence-corrected chi connectivity index (χ1v) is 4.33. The molecule has 0 amide bonds. The van der Waals surface area contributed by atoms with Crippen molar-refractivity contribution in [2.75, 3.05) is 0 Å². The quantitative estimate of drug-likeness (QED) is 0.869. The number of carboxylic acid groups (broad SMARTS) is 1. The summed E-state index contributed by atoms with van der Waals surface area (Å²) in [6, 6.07) is 0. The molecule has 1 rings (SSSR count). The largest absolute Gasteiger partial charge is 0.476 e. The molecule has 0 radical (unpaired) electrons. The van der Waals surface area contributed by atoms with E-state index in [1.807, 2.05) is 6.92 Å². The average molecular weight is 234 g/mol. The maximum Gasteiger partial charge on any atom is 0.358 e. The summed E-state index contributed by atoms with van der Waals surface area (Å²) in [5.74, 6) is -1.05. The maximum absolute atomic E-state index is 10.6. The summed E-state index contributed by atoms with van der Waals surface area (Å²) in [6.07, 6.45) is 1.52. The lowest BCUT2D eigenvalue weighted by Gasteiger charge is -1.93. The van der Waals surface area contributed by atoms with Crippen LogP contribution in [0.2, 0.25) is 0 Å². The molecule has 0 unspecified atom stereocenters. The zero-order valence-corrected chi connectivity index (χ0v) is 8.09. The Bertz CT molecular complexity index is 295. The van der Waals surface area contributed by atoms with E-state index < -0.39 is 5.97 Å². The molecule has 1 aromatic rings. The average Bonchev–Trinajstić information content (AvgIpc) is 2.34. The van der Waals surface area contributed by atoms with Gasteiger partial charge < -0.3 is 9.63 Å². The molecule has 4 nitrogen and oxygen atoms in total. The number of carboxylic acids is 1. The minimum atomic E-state index is -1.05. The molecule has 0 fully saturated rings. The van der Waals surface area contributed by atoms with Crippen LogP contribution in [0.1, 0.15) is 29.4 Å². The van der Waals surface area contributed by atoms with Crippen molar-refractivity contribution in [2.45, 2.75) is 19.8 Å². The van der Waals surface area contributed by atoms with E-state index >= 15 is 0 Å². The Kier molecular flexibility index (Phi) is 2.86. The molecule has 1 N–H and O–H groups in total. The van der Waals surface area contributed by atoms with Crippen LogP contribution >= 0.6 is 15.9 Å². The molecule has 0 bridgehead atoms. The Morgan fingerprint density at radius 3 is 2.92 bits per heavy atom. The molecule has 1 aromatic heterocycles. The van der Waals surface area contributed by atoms with Gasteiger partial charge in [0.25, 0.3) is 0 Å². The van der Waals surface area contributed by atoms with Gasteiger partial charge in [-0.15, -0.1) is 0 Å². The summed E-state index contributed by atoms with van der Waals surface area (Å²) in [7, 11) is 0. The topological polar surface area (TPSA) is 63.3 Å².